The van der Waals surface area contributed by atoms with Gasteiger partial charge >= 0.3 is 0 Å². The lowest BCUT2D eigenvalue weighted by atomic mass is 10.2. The van der Waals surface area contributed by atoms with Crippen LogP contribution in [0.2, 0.25) is 0 Å². The highest BCUT2D eigenvalue weighted by atomic mass is 32.2. The summed E-state index contributed by atoms with van der Waals surface area (Å²) >= 11 is 0. The second-order valence-electron chi connectivity index (χ2n) is 7.03. The number of nitro groups is 1. The summed E-state index contributed by atoms with van der Waals surface area (Å²) in [7, 11) is -3.98. The zero-order valence-corrected chi connectivity index (χ0v) is 18.0. The largest absolute Gasteiger partial charge is 0.490 e. The number of sulfonamides is 1. The van der Waals surface area contributed by atoms with Crippen LogP contribution in [0.3, 0.4) is 0 Å². The average molecular weight is 449 g/mol. The van der Waals surface area contributed by atoms with Gasteiger partial charge in [0.15, 0.2) is 0 Å². The Hall–Kier alpha value is -3.02. The highest BCUT2D eigenvalue weighted by Gasteiger charge is 2.30. The van der Waals surface area contributed by atoms with E-state index in [0.717, 1.165) is 6.07 Å². The topological polar surface area (TPSA) is 123 Å². The van der Waals surface area contributed by atoms with Crippen LogP contribution in [-0.4, -0.2) is 56.3 Å². The van der Waals surface area contributed by atoms with Gasteiger partial charge in [-0.25, -0.2) is 8.42 Å². The molecule has 0 aliphatic carbocycles. The Labute approximate surface area is 180 Å². The van der Waals surface area contributed by atoms with E-state index in [-0.39, 0.29) is 48.7 Å². The molecule has 0 radical (unpaired) electrons. The smallest absolute Gasteiger partial charge is 0.270 e. The molecular formula is C20H24N4O6S. The second-order valence-corrected chi connectivity index (χ2v) is 8.93. The van der Waals surface area contributed by atoms with Gasteiger partial charge in [0.1, 0.15) is 10.6 Å². The molecular weight excluding hydrogens is 424 g/mol. The fourth-order valence-electron chi connectivity index (χ4n) is 2.98. The normalized spacial score (nSPS) is 15.3. The molecule has 0 saturated carbocycles. The number of nitro benzene ring substituents is 1. The lowest BCUT2D eigenvalue weighted by Crippen LogP contribution is -2.40. The van der Waals surface area contributed by atoms with Crippen molar-refractivity contribution in [2.75, 3.05) is 31.7 Å². The number of hydrogen-bond donors (Lipinski definition) is 1. The molecule has 31 heavy (non-hydrogen) atoms. The molecule has 0 bridgehead atoms. The van der Waals surface area contributed by atoms with Crippen LogP contribution >= 0.6 is 0 Å². The molecule has 1 aliphatic heterocycles. The molecule has 1 aliphatic rings. The van der Waals surface area contributed by atoms with Gasteiger partial charge in [-0.3, -0.25) is 15.5 Å². The summed E-state index contributed by atoms with van der Waals surface area (Å²) in [6, 6.07) is 10.9. The molecule has 3 rings (SSSR count). The number of ether oxygens (including phenoxy) is 2. The maximum Gasteiger partial charge on any atom is 0.270 e. The Balaban J connectivity index is 1.91. The van der Waals surface area contributed by atoms with Crippen LogP contribution in [0.4, 0.5) is 11.4 Å². The number of nitrogens with zero attached hydrogens (tertiary/aromatic N) is 3. The molecule has 10 nitrogen and oxygen atoms in total. The average Bonchev–Trinajstić information content (AvgIpc) is 2.75. The Bertz CT molecular complexity index is 1070. The summed E-state index contributed by atoms with van der Waals surface area (Å²) in [5, 5.41) is 15.3. The molecule has 1 saturated heterocycles. The van der Waals surface area contributed by atoms with Crippen LogP contribution < -0.4 is 10.2 Å². The van der Waals surface area contributed by atoms with Gasteiger partial charge in [-0.2, -0.15) is 9.41 Å². The summed E-state index contributed by atoms with van der Waals surface area (Å²) in [6.07, 6.45) is 1.48. The number of rotatable bonds is 8. The number of benzene rings is 2. The predicted molar refractivity (Wildman–Crippen MR) is 116 cm³/mol. The maximum absolute atomic E-state index is 13.1. The molecule has 2 aromatic carbocycles. The minimum absolute atomic E-state index is 0.0255. The van der Waals surface area contributed by atoms with Crippen molar-refractivity contribution in [3.63, 3.8) is 0 Å². The number of hydrogen-bond acceptors (Lipinski definition) is 8. The van der Waals surface area contributed by atoms with E-state index >= 15 is 0 Å². The summed E-state index contributed by atoms with van der Waals surface area (Å²) in [6.45, 7) is 4.70. The predicted octanol–water partition coefficient (Wildman–Crippen LogP) is 2.85. The van der Waals surface area contributed by atoms with Crippen LogP contribution in [0.15, 0.2) is 52.5 Å². The van der Waals surface area contributed by atoms with E-state index in [1.54, 1.807) is 0 Å². The number of anilines is 1. The van der Waals surface area contributed by atoms with E-state index in [9.17, 15) is 18.5 Å². The van der Waals surface area contributed by atoms with E-state index < -0.39 is 14.9 Å². The molecule has 1 heterocycles. The number of morpholine rings is 1. The molecule has 0 aromatic heterocycles. The third-order valence-electron chi connectivity index (χ3n) is 4.43. The lowest BCUT2D eigenvalue weighted by Gasteiger charge is -2.26. The highest BCUT2D eigenvalue weighted by Crippen LogP contribution is 2.29. The van der Waals surface area contributed by atoms with Gasteiger partial charge < -0.3 is 9.47 Å². The zero-order valence-electron chi connectivity index (χ0n) is 17.2. The van der Waals surface area contributed by atoms with Crippen LogP contribution in [0.25, 0.3) is 0 Å². The quantitative estimate of drug-likeness (QED) is 0.374. The summed E-state index contributed by atoms with van der Waals surface area (Å²) < 4.78 is 38.5. The van der Waals surface area contributed by atoms with Crippen LogP contribution in [0, 0.1) is 10.1 Å². The molecule has 2 aromatic rings. The van der Waals surface area contributed by atoms with Crippen molar-refractivity contribution < 1.29 is 22.8 Å². The number of para-hydroxylation sites is 1. The van der Waals surface area contributed by atoms with Gasteiger partial charge in [0.05, 0.1) is 36.1 Å². The lowest BCUT2D eigenvalue weighted by molar-refractivity contribution is -0.385. The second kappa shape index (κ2) is 9.86. The number of nitrogens with one attached hydrogen (secondary N) is 1. The summed E-state index contributed by atoms with van der Waals surface area (Å²) in [4.78, 5) is 10.4. The first kappa shape index (κ1) is 22.7. The molecule has 1 N–H and O–H groups in total. The molecule has 0 unspecified atom stereocenters. The molecule has 11 heteroatoms. The van der Waals surface area contributed by atoms with Gasteiger partial charge in [0, 0.05) is 30.8 Å². The van der Waals surface area contributed by atoms with Crippen molar-refractivity contribution in [1.82, 2.24) is 4.31 Å². The van der Waals surface area contributed by atoms with E-state index in [2.05, 4.69) is 10.5 Å². The Morgan fingerprint density at radius 1 is 1.23 bits per heavy atom. The highest BCUT2D eigenvalue weighted by molar-refractivity contribution is 7.89. The SMILES string of the molecule is CC(C)Oc1ccccc1C=NNc1ccc([N+](=O)[O-])cc1S(=O)(=O)N1CCOCC1. The summed E-state index contributed by atoms with van der Waals surface area (Å²) in [5.41, 5.74) is 3.22. The fraction of sp³-hybridized carbons (Fsp3) is 0.350. The van der Waals surface area contributed by atoms with Crippen molar-refractivity contribution in [1.29, 1.82) is 0 Å². The fourth-order valence-corrected chi connectivity index (χ4v) is 4.55. The van der Waals surface area contributed by atoms with Gasteiger partial charge in [0.25, 0.3) is 5.69 Å². The van der Waals surface area contributed by atoms with Gasteiger partial charge in [-0.15, -0.1) is 0 Å². The number of non-ortho nitro benzene ring substituents is 1. The minimum Gasteiger partial charge on any atom is -0.490 e. The maximum atomic E-state index is 13.1. The molecule has 166 valence electrons. The zero-order chi connectivity index (χ0) is 22.4. The minimum atomic E-state index is -3.98. The Kier molecular flexibility index (Phi) is 7.21. The van der Waals surface area contributed by atoms with Crippen molar-refractivity contribution >= 4 is 27.6 Å². The third-order valence-corrected chi connectivity index (χ3v) is 6.37. The first-order chi connectivity index (χ1) is 14.8. The van der Waals surface area contributed by atoms with Crippen molar-refractivity contribution in [3.05, 3.63) is 58.1 Å². The summed E-state index contributed by atoms with van der Waals surface area (Å²) in [5.74, 6) is 0.632. The number of hydrazone groups is 1. The third kappa shape index (κ3) is 5.57. The van der Waals surface area contributed by atoms with Crippen molar-refractivity contribution in [3.8, 4) is 5.75 Å². The van der Waals surface area contributed by atoms with Gasteiger partial charge in [-0.1, -0.05) is 12.1 Å². The van der Waals surface area contributed by atoms with E-state index in [1.165, 1.54) is 22.7 Å². The van der Waals surface area contributed by atoms with Gasteiger partial charge in [-0.05, 0) is 32.0 Å². The molecule has 0 atom stereocenters. The standard InChI is InChI=1S/C20H24N4O6S/c1-15(2)30-19-6-4-3-5-16(19)14-21-22-18-8-7-17(24(25)26)13-20(18)31(27,28)23-9-11-29-12-10-23/h3-8,13-15,22H,9-12H2,1-2H3. The van der Waals surface area contributed by atoms with Crippen LogP contribution in [0.1, 0.15) is 19.4 Å². The van der Waals surface area contributed by atoms with E-state index in [0.29, 0.717) is 11.3 Å². The Morgan fingerprint density at radius 2 is 1.94 bits per heavy atom. The van der Waals surface area contributed by atoms with E-state index in [1.807, 2.05) is 38.1 Å². The van der Waals surface area contributed by atoms with Crippen LogP contribution in [-0.2, 0) is 14.8 Å². The monoisotopic (exact) mass is 448 g/mol. The van der Waals surface area contributed by atoms with E-state index in [4.69, 9.17) is 9.47 Å². The molecule has 0 spiro atoms. The van der Waals surface area contributed by atoms with Crippen molar-refractivity contribution in [2.24, 2.45) is 5.10 Å². The first-order valence-electron chi connectivity index (χ1n) is 9.70. The Morgan fingerprint density at radius 3 is 2.61 bits per heavy atom. The first-order valence-corrected chi connectivity index (χ1v) is 11.1. The van der Waals surface area contributed by atoms with Crippen LogP contribution in [0.5, 0.6) is 5.75 Å². The molecule has 1 fully saturated rings. The molecule has 0 amide bonds. The van der Waals surface area contributed by atoms with Crippen molar-refractivity contribution in [2.45, 2.75) is 24.8 Å². The van der Waals surface area contributed by atoms with Gasteiger partial charge in [0.2, 0.25) is 10.0 Å².